The van der Waals surface area contributed by atoms with E-state index in [2.05, 4.69) is 27.4 Å². The molecular weight excluding hydrogens is 348 g/mol. The average molecular weight is 366 g/mol. The summed E-state index contributed by atoms with van der Waals surface area (Å²) in [7, 11) is 0. The van der Waals surface area contributed by atoms with E-state index in [4.69, 9.17) is 0 Å². The molecule has 0 aliphatic carbocycles. The smallest absolute Gasteiger partial charge is 0.263 e. The fourth-order valence-electron chi connectivity index (χ4n) is 3.08. The average Bonchev–Trinajstić information content (AvgIpc) is 3.22. The number of aromatic nitrogens is 6. The fraction of sp³-hybridized carbons (Fsp3) is 0.278. The number of rotatable bonds is 5. The molecule has 4 aromatic rings. The third kappa shape index (κ3) is 2.82. The van der Waals surface area contributed by atoms with Gasteiger partial charge < -0.3 is 0 Å². The van der Waals surface area contributed by atoms with E-state index in [0.29, 0.717) is 17.8 Å². The van der Waals surface area contributed by atoms with Crippen LogP contribution < -0.4 is 5.56 Å². The third-order valence-corrected chi connectivity index (χ3v) is 5.28. The first-order chi connectivity index (χ1) is 12.7. The summed E-state index contributed by atoms with van der Waals surface area (Å²) >= 11 is 1.55. The lowest BCUT2D eigenvalue weighted by Gasteiger charge is -2.07. The van der Waals surface area contributed by atoms with Gasteiger partial charge in [0, 0.05) is 17.0 Å². The van der Waals surface area contributed by atoms with Gasteiger partial charge in [-0.1, -0.05) is 37.3 Å². The van der Waals surface area contributed by atoms with Gasteiger partial charge in [0.2, 0.25) is 0 Å². The highest BCUT2D eigenvalue weighted by Crippen LogP contribution is 2.35. The van der Waals surface area contributed by atoms with Crippen LogP contribution >= 0.6 is 11.3 Å². The predicted octanol–water partition coefficient (Wildman–Crippen LogP) is 2.88. The van der Waals surface area contributed by atoms with Crippen LogP contribution in [-0.4, -0.2) is 29.8 Å². The number of hydrogen-bond acceptors (Lipinski definition) is 6. The van der Waals surface area contributed by atoms with Gasteiger partial charge in [-0.2, -0.15) is 0 Å². The molecule has 0 bridgehead atoms. The number of hydrogen-bond donors (Lipinski definition) is 0. The normalized spacial score (nSPS) is 11.3. The van der Waals surface area contributed by atoms with Crippen molar-refractivity contribution in [3.05, 3.63) is 57.7 Å². The monoisotopic (exact) mass is 366 g/mol. The van der Waals surface area contributed by atoms with E-state index >= 15 is 0 Å². The van der Waals surface area contributed by atoms with Crippen LogP contribution in [0.25, 0.3) is 21.3 Å². The molecular formula is C18H18N6OS. The second-order valence-electron chi connectivity index (χ2n) is 6.08. The Morgan fingerprint density at radius 1 is 1.19 bits per heavy atom. The van der Waals surface area contributed by atoms with E-state index in [-0.39, 0.29) is 5.56 Å². The molecule has 0 saturated heterocycles. The number of benzene rings is 1. The van der Waals surface area contributed by atoms with Gasteiger partial charge in [0.1, 0.15) is 4.83 Å². The van der Waals surface area contributed by atoms with Crippen molar-refractivity contribution in [1.29, 1.82) is 0 Å². The molecule has 0 fully saturated rings. The molecule has 3 aromatic heterocycles. The topological polar surface area (TPSA) is 78.5 Å². The zero-order chi connectivity index (χ0) is 18.1. The molecule has 0 atom stereocenters. The first kappa shape index (κ1) is 16.6. The Kier molecular flexibility index (Phi) is 4.34. The molecule has 3 heterocycles. The number of tetrazole rings is 1. The van der Waals surface area contributed by atoms with Crippen LogP contribution in [0.1, 0.15) is 24.0 Å². The molecule has 0 radical (unpaired) electrons. The van der Waals surface area contributed by atoms with Crippen LogP contribution in [0.5, 0.6) is 0 Å². The van der Waals surface area contributed by atoms with E-state index in [1.165, 1.54) is 0 Å². The van der Waals surface area contributed by atoms with Gasteiger partial charge in [0.15, 0.2) is 5.82 Å². The first-order valence-corrected chi connectivity index (χ1v) is 9.29. The van der Waals surface area contributed by atoms with Gasteiger partial charge >= 0.3 is 0 Å². The van der Waals surface area contributed by atoms with Gasteiger partial charge in [0.05, 0.1) is 18.3 Å². The minimum atomic E-state index is -0.0655. The van der Waals surface area contributed by atoms with Gasteiger partial charge in [0.25, 0.3) is 5.56 Å². The number of thiophene rings is 1. The maximum Gasteiger partial charge on any atom is 0.263 e. The minimum absolute atomic E-state index is 0.0655. The van der Waals surface area contributed by atoms with Gasteiger partial charge in [-0.15, -0.1) is 16.4 Å². The molecule has 0 aliphatic heterocycles. The number of aryl methyl sites for hydroxylation is 2. The van der Waals surface area contributed by atoms with Gasteiger partial charge in [-0.05, 0) is 29.3 Å². The third-order valence-electron chi connectivity index (χ3n) is 4.27. The minimum Gasteiger partial charge on any atom is -0.291 e. The zero-order valence-corrected chi connectivity index (χ0v) is 15.4. The van der Waals surface area contributed by atoms with Crippen molar-refractivity contribution in [2.75, 3.05) is 0 Å². The summed E-state index contributed by atoms with van der Waals surface area (Å²) in [5.74, 6) is 0.656. The van der Waals surface area contributed by atoms with Crippen molar-refractivity contribution in [1.82, 2.24) is 29.8 Å². The first-order valence-electron chi connectivity index (χ1n) is 8.48. The second kappa shape index (κ2) is 6.80. The summed E-state index contributed by atoms with van der Waals surface area (Å²) in [5.41, 5.74) is 1.93. The predicted molar refractivity (Wildman–Crippen MR) is 101 cm³/mol. The second-order valence-corrected chi connectivity index (χ2v) is 7.28. The molecule has 0 saturated carbocycles. The summed E-state index contributed by atoms with van der Waals surface area (Å²) in [6.07, 6.45) is 2.51. The lowest BCUT2D eigenvalue weighted by molar-refractivity contribution is 0.540. The maximum absolute atomic E-state index is 13.2. The highest BCUT2D eigenvalue weighted by Gasteiger charge is 2.17. The van der Waals surface area contributed by atoms with Gasteiger partial charge in [-0.3, -0.25) is 9.36 Å². The molecule has 7 nitrogen and oxygen atoms in total. The largest absolute Gasteiger partial charge is 0.291 e. The van der Waals surface area contributed by atoms with Crippen LogP contribution in [0.2, 0.25) is 0 Å². The molecule has 26 heavy (non-hydrogen) atoms. The Labute approximate surface area is 153 Å². The highest BCUT2D eigenvalue weighted by molar-refractivity contribution is 7.19. The molecule has 0 amide bonds. The van der Waals surface area contributed by atoms with E-state index in [9.17, 15) is 4.79 Å². The molecule has 1 aromatic carbocycles. The molecule has 4 rings (SSSR count). The van der Waals surface area contributed by atoms with Gasteiger partial charge in [-0.25, -0.2) is 9.67 Å². The molecule has 0 N–H and O–H groups in total. The Balaban J connectivity index is 1.84. The lowest BCUT2D eigenvalue weighted by atomic mass is 10.0. The van der Waals surface area contributed by atoms with Crippen molar-refractivity contribution in [3.63, 3.8) is 0 Å². The quantitative estimate of drug-likeness (QED) is 0.543. The van der Waals surface area contributed by atoms with E-state index in [0.717, 1.165) is 33.8 Å². The lowest BCUT2D eigenvalue weighted by Crippen LogP contribution is -2.23. The Morgan fingerprint density at radius 3 is 2.77 bits per heavy atom. The molecule has 132 valence electrons. The number of nitrogens with zero attached hydrogens (tertiary/aromatic N) is 6. The van der Waals surface area contributed by atoms with Crippen LogP contribution in [0, 0.1) is 6.92 Å². The van der Waals surface area contributed by atoms with E-state index in [1.54, 1.807) is 26.9 Å². The Bertz CT molecular complexity index is 1110. The number of fused-ring (bicyclic) bond motifs is 1. The summed E-state index contributed by atoms with van der Waals surface area (Å²) < 4.78 is 3.31. The Morgan fingerprint density at radius 2 is 2.00 bits per heavy atom. The molecule has 0 unspecified atom stereocenters. The summed E-state index contributed by atoms with van der Waals surface area (Å²) in [4.78, 5) is 19.5. The zero-order valence-electron chi connectivity index (χ0n) is 14.6. The summed E-state index contributed by atoms with van der Waals surface area (Å²) in [5, 5.41) is 12.4. The van der Waals surface area contributed by atoms with E-state index in [1.807, 2.05) is 37.3 Å². The summed E-state index contributed by atoms with van der Waals surface area (Å²) in [6.45, 7) is 5.11. The van der Waals surface area contributed by atoms with Crippen LogP contribution in [0.4, 0.5) is 0 Å². The van der Waals surface area contributed by atoms with Crippen molar-refractivity contribution >= 4 is 21.6 Å². The van der Waals surface area contributed by atoms with Crippen molar-refractivity contribution in [2.45, 2.75) is 33.4 Å². The molecule has 8 heteroatoms. The van der Waals surface area contributed by atoms with Crippen LogP contribution in [0.3, 0.4) is 0 Å². The van der Waals surface area contributed by atoms with Crippen molar-refractivity contribution in [3.8, 4) is 11.1 Å². The molecule has 0 aliphatic rings. The van der Waals surface area contributed by atoms with Crippen LogP contribution in [-0.2, 0) is 13.1 Å². The standard InChI is InChI=1S/C18H18N6OS/c1-3-9-24-14(20-21-22-24)10-23-11-19-17-16(18(23)25)15(12(2)26-17)13-7-5-4-6-8-13/h4-8,11H,3,9-10H2,1-2H3. The Hall–Kier alpha value is -2.87. The molecule has 0 spiro atoms. The van der Waals surface area contributed by atoms with Crippen LogP contribution in [0.15, 0.2) is 41.5 Å². The SMILES string of the molecule is CCCn1nnnc1Cn1cnc2sc(C)c(-c3ccccc3)c2c1=O. The van der Waals surface area contributed by atoms with E-state index < -0.39 is 0 Å². The van der Waals surface area contributed by atoms with Crippen molar-refractivity contribution in [2.24, 2.45) is 0 Å². The van der Waals surface area contributed by atoms with Crippen molar-refractivity contribution < 1.29 is 0 Å². The maximum atomic E-state index is 13.2. The summed E-state index contributed by atoms with van der Waals surface area (Å²) in [6, 6.07) is 9.97. The highest BCUT2D eigenvalue weighted by atomic mass is 32.1. The fourth-order valence-corrected chi connectivity index (χ4v) is 4.08.